The summed E-state index contributed by atoms with van der Waals surface area (Å²) in [5, 5.41) is 5.18. The number of halogens is 1. The van der Waals surface area contributed by atoms with Crippen LogP contribution in [-0.2, 0) is 10.8 Å². The maximum absolute atomic E-state index is 13.5. The first-order chi connectivity index (χ1) is 8.92. The third-order valence-corrected chi connectivity index (χ3v) is 4.01. The minimum absolute atomic E-state index is 0.207. The molecule has 19 heavy (non-hydrogen) atoms. The van der Waals surface area contributed by atoms with Gasteiger partial charge < -0.3 is 10.6 Å². The molecule has 1 aromatic carbocycles. The highest BCUT2D eigenvalue weighted by Gasteiger charge is 2.10. The van der Waals surface area contributed by atoms with Gasteiger partial charge in [0.2, 0.25) is 0 Å². The zero-order valence-electron chi connectivity index (χ0n) is 11.0. The molecule has 0 heterocycles. The number of hydrogen-bond acceptors (Lipinski definition) is 3. The summed E-state index contributed by atoms with van der Waals surface area (Å²) in [5.41, 5.74) is 0.387. The summed E-state index contributed by atoms with van der Waals surface area (Å²) >= 11 is 1.30. The Balaban J connectivity index is 2.57. The van der Waals surface area contributed by atoms with Crippen molar-refractivity contribution in [2.75, 3.05) is 23.6 Å². The Morgan fingerprint density at radius 1 is 1.53 bits per heavy atom. The number of hydrogen-bond donors (Lipinski definition) is 2. The largest absolute Gasteiger partial charge is 0.334 e. The number of carbonyl (C=O) groups is 1. The summed E-state index contributed by atoms with van der Waals surface area (Å²) in [5.74, 6) is 0.0146. The van der Waals surface area contributed by atoms with Gasteiger partial charge in [-0.1, -0.05) is 0 Å². The van der Waals surface area contributed by atoms with Crippen LogP contribution in [0, 0.1) is 5.82 Å². The average molecular weight is 304 g/mol. The standard InChI is InChI=1S/C12H17FN2O2S2/c1-8(7-19(3)17)14-12(16)15-9-4-5-11(18-2)10(13)6-9/h4-6,8H,7H2,1-3H3,(H2,14,15,16)/t8-,19-/m1/s1. The lowest BCUT2D eigenvalue weighted by atomic mass is 10.3. The minimum atomic E-state index is -0.972. The summed E-state index contributed by atoms with van der Waals surface area (Å²) < 4.78 is 24.5. The van der Waals surface area contributed by atoms with Crippen molar-refractivity contribution < 1.29 is 13.4 Å². The Morgan fingerprint density at radius 2 is 2.21 bits per heavy atom. The molecule has 2 amide bonds. The molecule has 0 fully saturated rings. The van der Waals surface area contributed by atoms with E-state index in [0.29, 0.717) is 16.3 Å². The molecule has 0 aromatic heterocycles. The molecular weight excluding hydrogens is 287 g/mol. The molecule has 0 aliphatic rings. The van der Waals surface area contributed by atoms with Crippen LogP contribution in [-0.4, -0.2) is 34.5 Å². The van der Waals surface area contributed by atoms with Gasteiger partial charge in [-0.25, -0.2) is 9.18 Å². The van der Waals surface area contributed by atoms with E-state index in [1.54, 1.807) is 31.6 Å². The molecule has 1 aromatic rings. The first-order valence-corrected chi connectivity index (χ1v) is 8.58. The average Bonchev–Trinajstić information content (AvgIpc) is 2.27. The number of anilines is 1. The van der Waals surface area contributed by atoms with Crippen molar-refractivity contribution in [1.82, 2.24) is 5.32 Å². The van der Waals surface area contributed by atoms with Gasteiger partial charge in [0.1, 0.15) is 5.82 Å². The number of urea groups is 1. The van der Waals surface area contributed by atoms with Crippen LogP contribution in [0.3, 0.4) is 0 Å². The van der Waals surface area contributed by atoms with Crippen molar-refractivity contribution in [3.63, 3.8) is 0 Å². The van der Waals surface area contributed by atoms with Crippen molar-refractivity contribution in [3.05, 3.63) is 24.0 Å². The molecule has 0 saturated heterocycles. The van der Waals surface area contributed by atoms with E-state index in [9.17, 15) is 13.4 Å². The molecule has 0 saturated carbocycles. The molecule has 0 unspecified atom stereocenters. The smallest absolute Gasteiger partial charge is 0.319 e. The number of amides is 2. The van der Waals surface area contributed by atoms with E-state index < -0.39 is 16.8 Å². The van der Waals surface area contributed by atoms with Gasteiger partial charge in [0.15, 0.2) is 0 Å². The molecule has 0 aliphatic carbocycles. The minimum Gasteiger partial charge on any atom is -0.334 e. The topological polar surface area (TPSA) is 58.2 Å². The van der Waals surface area contributed by atoms with Gasteiger partial charge in [0.25, 0.3) is 0 Å². The van der Waals surface area contributed by atoms with Crippen LogP contribution in [0.2, 0.25) is 0 Å². The van der Waals surface area contributed by atoms with E-state index in [-0.39, 0.29) is 11.9 Å². The molecule has 0 aliphatic heterocycles. The lowest BCUT2D eigenvalue weighted by molar-refractivity contribution is 0.250. The monoisotopic (exact) mass is 304 g/mol. The number of thioether (sulfide) groups is 1. The second-order valence-electron chi connectivity index (χ2n) is 4.09. The zero-order valence-corrected chi connectivity index (χ0v) is 12.7. The van der Waals surface area contributed by atoms with Crippen molar-refractivity contribution >= 4 is 34.3 Å². The fraction of sp³-hybridized carbons (Fsp3) is 0.417. The molecule has 2 atom stereocenters. The zero-order chi connectivity index (χ0) is 14.4. The third kappa shape index (κ3) is 5.61. The molecule has 0 bridgehead atoms. The molecule has 106 valence electrons. The van der Waals surface area contributed by atoms with Gasteiger partial charge >= 0.3 is 6.03 Å². The van der Waals surface area contributed by atoms with E-state index in [1.807, 2.05) is 0 Å². The first kappa shape index (κ1) is 16.0. The van der Waals surface area contributed by atoms with Gasteiger partial charge in [-0.15, -0.1) is 11.8 Å². The van der Waals surface area contributed by atoms with Crippen LogP contribution >= 0.6 is 11.8 Å². The van der Waals surface area contributed by atoms with Crippen LogP contribution in [0.25, 0.3) is 0 Å². The quantitative estimate of drug-likeness (QED) is 0.822. The molecule has 2 N–H and O–H groups in total. The van der Waals surface area contributed by atoms with E-state index in [4.69, 9.17) is 0 Å². The van der Waals surface area contributed by atoms with Gasteiger partial charge in [-0.2, -0.15) is 0 Å². The molecule has 4 nitrogen and oxygen atoms in total. The number of benzene rings is 1. The summed E-state index contributed by atoms with van der Waals surface area (Å²) in [4.78, 5) is 12.1. The van der Waals surface area contributed by atoms with Crippen LogP contribution in [0.15, 0.2) is 23.1 Å². The van der Waals surface area contributed by atoms with Crippen LogP contribution < -0.4 is 10.6 Å². The Kier molecular flexibility index (Phi) is 6.30. The predicted molar refractivity (Wildman–Crippen MR) is 78.7 cm³/mol. The second kappa shape index (κ2) is 7.49. The summed E-state index contributed by atoms with van der Waals surface area (Å²) in [6.45, 7) is 1.76. The molecule has 0 spiro atoms. The van der Waals surface area contributed by atoms with Crippen molar-refractivity contribution in [3.8, 4) is 0 Å². The molecular formula is C12H17FN2O2S2. The van der Waals surface area contributed by atoms with E-state index >= 15 is 0 Å². The number of nitrogens with one attached hydrogen (secondary N) is 2. The van der Waals surface area contributed by atoms with Gasteiger partial charge in [0, 0.05) is 39.4 Å². The van der Waals surface area contributed by atoms with Crippen molar-refractivity contribution in [2.24, 2.45) is 0 Å². The fourth-order valence-corrected chi connectivity index (χ4v) is 2.77. The van der Waals surface area contributed by atoms with E-state index in [2.05, 4.69) is 10.6 Å². The highest BCUT2D eigenvalue weighted by molar-refractivity contribution is 7.98. The van der Waals surface area contributed by atoms with Gasteiger partial charge in [-0.05, 0) is 31.4 Å². The Hall–Kier alpha value is -1.08. The lowest BCUT2D eigenvalue weighted by Gasteiger charge is -2.13. The Labute approximate surface area is 119 Å². The second-order valence-corrected chi connectivity index (χ2v) is 6.42. The van der Waals surface area contributed by atoms with E-state index in [1.165, 1.54) is 17.8 Å². The van der Waals surface area contributed by atoms with Crippen LogP contribution in [0.1, 0.15) is 6.92 Å². The van der Waals surface area contributed by atoms with E-state index in [0.717, 1.165) is 0 Å². The third-order valence-electron chi connectivity index (χ3n) is 2.27. The van der Waals surface area contributed by atoms with Crippen LogP contribution in [0.5, 0.6) is 0 Å². The van der Waals surface area contributed by atoms with Crippen molar-refractivity contribution in [2.45, 2.75) is 17.9 Å². The Morgan fingerprint density at radius 3 is 2.74 bits per heavy atom. The number of rotatable bonds is 5. The fourth-order valence-electron chi connectivity index (χ4n) is 1.53. The molecule has 7 heteroatoms. The maximum Gasteiger partial charge on any atom is 0.319 e. The summed E-state index contributed by atoms with van der Waals surface area (Å²) in [7, 11) is -0.972. The summed E-state index contributed by atoms with van der Waals surface area (Å²) in [6, 6.07) is 3.88. The lowest BCUT2D eigenvalue weighted by Crippen LogP contribution is -2.39. The van der Waals surface area contributed by atoms with Crippen molar-refractivity contribution in [1.29, 1.82) is 0 Å². The van der Waals surface area contributed by atoms with Crippen LogP contribution in [0.4, 0.5) is 14.9 Å². The Bertz CT molecular complexity index is 483. The number of carbonyl (C=O) groups excluding carboxylic acids is 1. The highest BCUT2D eigenvalue weighted by Crippen LogP contribution is 2.22. The molecule has 0 radical (unpaired) electrons. The van der Waals surface area contributed by atoms with Gasteiger partial charge in [-0.3, -0.25) is 4.21 Å². The summed E-state index contributed by atoms with van der Waals surface area (Å²) in [6.07, 6.45) is 3.36. The maximum atomic E-state index is 13.5. The molecule has 1 rings (SSSR count). The first-order valence-electron chi connectivity index (χ1n) is 5.63. The SMILES string of the molecule is CSc1ccc(NC(=O)N[C@H](C)C[S@@](C)=O)cc1F. The van der Waals surface area contributed by atoms with Gasteiger partial charge in [0.05, 0.1) is 0 Å². The normalized spacial score (nSPS) is 13.7. The highest BCUT2D eigenvalue weighted by atomic mass is 32.2. The predicted octanol–water partition coefficient (Wildman–Crippen LogP) is 2.44.